The van der Waals surface area contributed by atoms with E-state index in [0.29, 0.717) is 19.0 Å². The maximum atomic E-state index is 12.7. The minimum atomic E-state index is 0.0479. The minimum Gasteiger partial charge on any atom is -0.378 e. The Hall–Kier alpha value is -2.80. The highest BCUT2D eigenvalue weighted by molar-refractivity contribution is 6.01. The molecule has 0 saturated carbocycles. The molecule has 0 radical (unpaired) electrons. The summed E-state index contributed by atoms with van der Waals surface area (Å²) in [5.41, 5.74) is 5.51. The van der Waals surface area contributed by atoms with Crippen LogP contribution in [-0.2, 0) is 23.2 Å². The van der Waals surface area contributed by atoms with Crippen molar-refractivity contribution < 1.29 is 9.61 Å². The molecule has 2 aliphatic heterocycles. The molecule has 0 atom stereocenters. The molecule has 7 heteroatoms. The second kappa shape index (κ2) is 6.98. The summed E-state index contributed by atoms with van der Waals surface area (Å²) >= 11 is 0. The number of fused-ring (bicyclic) bond motifs is 3. The first kappa shape index (κ1) is 18.6. The first-order valence-corrected chi connectivity index (χ1v) is 9.51. The highest BCUT2D eigenvalue weighted by Gasteiger charge is 2.35. The zero-order valence-electron chi connectivity index (χ0n) is 16.8. The predicted molar refractivity (Wildman–Crippen MR) is 108 cm³/mol. The molecule has 7 nitrogen and oxygen atoms in total. The standard InChI is InChI=1S/C21H26N5O2/c1-21(2,3)18-7-5-6-17-16(18)8-9-25-19(17)10-20(23-14-26(25)27)24-11-15(12-28-4)22-13-24/h5-7,10-11,13H,8-9,12,14H2,1-4H3/q+1. The van der Waals surface area contributed by atoms with Crippen LogP contribution in [0.4, 0.5) is 0 Å². The number of hydrogen-bond acceptors (Lipinski definition) is 4. The van der Waals surface area contributed by atoms with Crippen molar-refractivity contribution in [3.05, 3.63) is 64.1 Å². The van der Waals surface area contributed by atoms with Gasteiger partial charge in [0, 0.05) is 24.9 Å². The van der Waals surface area contributed by atoms with Crippen LogP contribution in [-0.4, -0.2) is 45.6 Å². The average Bonchev–Trinajstić information content (AvgIpc) is 3.05. The van der Waals surface area contributed by atoms with E-state index < -0.39 is 0 Å². The number of nitroso groups, excluding NO2 is 1. The fourth-order valence-electron chi connectivity index (χ4n) is 3.90. The van der Waals surface area contributed by atoms with Crippen molar-refractivity contribution in [2.24, 2.45) is 4.99 Å². The molecule has 0 aliphatic carbocycles. The van der Waals surface area contributed by atoms with Crippen LogP contribution >= 0.6 is 0 Å². The van der Waals surface area contributed by atoms with E-state index in [1.165, 1.54) is 11.1 Å². The summed E-state index contributed by atoms with van der Waals surface area (Å²) in [6.45, 7) is 7.83. The quantitative estimate of drug-likeness (QED) is 0.751. The molecule has 0 fully saturated rings. The van der Waals surface area contributed by atoms with Crippen LogP contribution in [0.3, 0.4) is 0 Å². The van der Waals surface area contributed by atoms with E-state index in [1.54, 1.807) is 18.4 Å². The van der Waals surface area contributed by atoms with Gasteiger partial charge in [-0.3, -0.25) is 4.57 Å². The van der Waals surface area contributed by atoms with Crippen LogP contribution in [0.1, 0.15) is 43.2 Å². The first-order valence-electron chi connectivity index (χ1n) is 9.51. The Morgan fingerprint density at radius 3 is 2.86 bits per heavy atom. The second-order valence-corrected chi connectivity index (χ2v) is 8.20. The summed E-state index contributed by atoms with van der Waals surface area (Å²) in [5.74, 6) is 0.696. The molecule has 2 aromatic rings. The molecule has 28 heavy (non-hydrogen) atoms. The van der Waals surface area contributed by atoms with Crippen molar-refractivity contribution in [2.75, 3.05) is 20.3 Å². The van der Waals surface area contributed by atoms with Gasteiger partial charge in [0.25, 0.3) is 0 Å². The molecule has 0 bridgehead atoms. The van der Waals surface area contributed by atoms with Crippen molar-refractivity contribution in [3.8, 4) is 0 Å². The lowest BCUT2D eigenvalue weighted by atomic mass is 9.79. The Morgan fingerprint density at radius 2 is 2.11 bits per heavy atom. The molecule has 1 aromatic heterocycles. The van der Waals surface area contributed by atoms with E-state index in [-0.39, 0.29) is 12.1 Å². The Morgan fingerprint density at radius 1 is 1.29 bits per heavy atom. The molecule has 0 N–H and O–H groups in total. The third kappa shape index (κ3) is 3.26. The van der Waals surface area contributed by atoms with E-state index in [0.717, 1.165) is 28.2 Å². The van der Waals surface area contributed by atoms with E-state index in [1.807, 2.05) is 16.8 Å². The van der Waals surface area contributed by atoms with Crippen molar-refractivity contribution in [1.82, 2.24) is 14.6 Å². The van der Waals surface area contributed by atoms with Crippen molar-refractivity contribution in [3.63, 3.8) is 0 Å². The van der Waals surface area contributed by atoms with Crippen LogP contribution in [0.5, 0.6) is 0 Å². The van der Waals surface area contributed by atoms with Crippen LogP contribution in [0.15, 0.2) is 41.8 Å². The van der Waals surface area contributed by atoms with E-state index in [4.69, 9.17) is 4.74 Å². The van der Waals surface area contributed by atoms with E-state index >= 15 is 0 Å². The van der Waals surface area contributed by atoms with Crippen molar-refractivity contribution >= 4 is 11.5 Å². The number of rotatable bonds is 2. The Kier molecular flexibility index (Phi) is 4.63. The lowest BCUT2D eigenvalue weighted by molar-refractivity contribution is -0.687. The number of hydrazine groups is 1. The van der Waals surface area contributed by atoms with Crippen molar-refractivity contribution in [2.45, 2.75) is 39.2 Å². The number of methoxy groups -OCH3 is 1. The highest BCUT2D eigenvalue weighted by Crippen LogP contribution is 2.36. The zero-order chi connectivity index (χ0) is 19.9. The number of nitrogens with zero attached hydrogens (tertiary/aromatic N) is 5. The number of allylic oxidation sites excluding steroid dienone is 1. The molecule has 3 heterocycles. The van der Waals surface area contributed by atoms with Gasteiger partial charge in [0.05, 0.1) is 23.8 Å². The molecule has 4 rings (SSSR count). The topological polar surface area (TPSA) is 62.7 Å². The van der Waals surface area contributed by atoms with Gasteiger partial charge in [-0.15, -0.1) is 5.01 Å². The molecular weight excluding hydrogens is 354 g/mol. The Bertz CT molecular complexity index is 981. The molecule has 0 unspecified atom stereocenters. The van der Waals surface area contributed by atoms with Gasteiger partial charge in [-0.1, -0.05) is 39.0 Å². The number of imidazole rings is 1. The fraction of sp³-hybridized carbons (Fsp3) is 0.429. The van der Waals surface area contributed by atoms with Crippen LogP contribution in [0.25, 0.3) is 5.70 Å². The molecular formula is C21H26N5O2+. The molecule has 0 amide bonds. The van der Waals surface area contributed by atoms with Crippen LogP contribution in [0, 0.1) is 4.91 Å². The summed E-state index contributed by atoms with van der Waals surface area (Å²) in [5, 5.41) is 1.79. The summed E-state index contributed by atoms with van der Waals surface area (Å²) in [7, 11) is 1.64. The van der Waals surface area contributed by atoms with Gasteiger partial charge < -0.3 is 4.74 Å². The van der Waals surface area contributed by atoms with Crippen molar-refractivity contribution in [1.29, 1.82) is 0 Å². The number of ether oxygens (including phenoxy) is 1. The van der Waals surface area contributed by atoms with Gasteiger partial charge in [0.1, 0.15) is 22.7 Å². The van der Waals surface area contributed by atoms with Gasteiger partial charge in [-0.05, 0) is 23.0 Å². The largest absolute Gasteiger partial charge is 0.378 e. The molecule has 1 aromatic carbocycles. The molecule has 2 aliphatic rings. The predicted octanol–water partition coefficient (Wildman–Crippen LogP) is 3.14. The van der Waals surface area contributed by atoms with Gasteiger partial charge in [0.15, 0.2) is 0 Å². The third-order valence-electron chi connectivity index (χ3n) is 5.19. The SMILES string of the molecule is COCc1cn(C2=NC[N+](=O)N3CCc4c(cccc4C(C)(C)C)C3=C2)cn1. The third-order valence-corrected chi connectivity index (χ3v) is 5.19. The number of aromatic nitrogens is 2. The maximum absolute atomic E-state index is 12.7. The summed E-state index contributed by atoms with van der Waals surface area (Å²) < 4.78 is 7.00. The monoisotopic (exact) mass is 380 g/mol. The van der Waals surface area contributed by atoms with Crippen LogP contribution < -0.4 is 0 Å². The van der Waals surface area contributed by atoms with E-state index in [2.05, 4.69) is 48.9 Å². The summed E-state index contributed by atoms with van der Waals surface area (Å²) in [6.07, 6.45) is 6.43. The number of aliphatic imine (C=N–C) groups is 1. The lowest BCUT2D eigenvalue weighted by Crippen LogP contribution is -2.37. The summed E-state index contributed by atoms with van der Waals surface area (Å²) in [6, 6.07) is 6.38. The van der Waals surface area contributed by atoms with Gasteiger partial charge in [-0.2, -0.15) is 4.99 Å². The molecule has 0 saturated heterocycles. The molecule has 0 spiro atoms. The Labute approximate surface area is 164 Å². The van der Waals surface area contributed by atoms with Gasteiger partial charge >= 0.3 is 6.67 Å². The maximum Gasteiger partial charge on any atom is 0.318 e. The molecule has 146 valence electrons. The fourth-order valence-corrected chi connectivity index (χ4v) is 3.90. The Balaban J connectivity index is 1.82. The smallest absolute Gasteiger partial charge is 0.318 e. The minimum absolute atomic E-state index is 0.0479. The van der Waals surface area contributed by atoms with Crippen LogP contribution in [0.2, 0.25) is 0 Å². The second-order valence-electron chi connectivity index (χ2n) is 8.20. The normalized spacial score (nSPS) is 16.9. The zero-order valence-corrected chi connectivity index (χ0v) is 16.8. The van der Waals surface area contributed by atoms with E-state index in [9.17, 15) is 4.91 Å². The highest BCUT2D eigenvalue weighted by atomic mass is 16.5. The number of hydrogen-bond donors (Lipinski definition) is 0. The van der Waals surface area contributed by atoms with Gasteiger partial charge in [0.2, 0.25) is 0 Å². The lowest BCUT2D eigenvalue weighted by Gasteiger charge is -2.30. The first-order chi connectivity index (χ1) is 13.4. The summed E-state index contributed by atoms with van der Waals surface area (Å²) in [4.78, 5) is 22.5. The average molecular weight is 380 g/mol. The number of benzene rings is 1. The van der Waals surface area contributed by atoms with Gasteiger partial charge in [-0.25, -0.2) is 4.98 Å².